The minimum atomic E-state index is -3.20. The second-order valence-electron chi connectivity index (χ2n) is 3.65. The zero-order valence-electron chi connectivity index (χ0n) is 8.43. The van der Waals surface area contributed by atoms with Gasteiger partial charge in [-0.1, -0.05) is 0 Å². The van der Waals surface area contributed by atoms with Crippen LogP contribution >= 0.6 is 0 Å². The summed E-state index contributed by atoms with van der Waals surface area (Å²) in [5.41, 5.74) is 0.675. The van der Waals surface area contributed by atoms with Crippen molar-refractivity contribution < 1.29 is 18.3 Å². The van der Waals surface area contributed by atoms with Gasteiger partial charge < -0.3 is 9.84 Å². The molecule has 0 bridgehead atoms. The van der Waals surface area contributed by atoms with Crippen LogP contribution in [0.5, 0.6) is 0 Å². The molecule has 0 aliphatic carbocycles. The van der Waals surface area contributed by atoms with Crippen LogP contribution in [0.25, 0.3) is 0 Å². The molecular weight excluding hydrogens is 204 g/mol. The van der Waals surface area contributed by atoms with Crippen molar-refractivity contribution in [1.82, 2.24) is 0 Å². The summed E-state index contributed by atoms with van der Waals surface area (Å²) in [5, 5.41) is 8.98. The zero-order valence-corrected chi connectivity index (χ0v) is 9.25. The quantitative estimate of drug-likeness (QED) is 0.751. The minimum absolute atomic E-state index is 0.642. The van der Waals surface area contributed by atoms with E-state index in [0.717, 1.165) is 12.7 Å². The fraction of sp³-hybridized carbons (Fsp3) is 0.778. The maximum absolute atomic E-state index is 11.2. The Labute approximate surface area is 84.5 Å². The van der Waals surface area contributed by atoms with Gasteiger partial charge in [0.1, 0.15) is 0 Å². The van der Waals surface area contributed by atoms with Crippen molar-refractivity contribution in [3.8, 4) is 0 Å². The SMILES string of the molecule is CC(C(O)C1=COCCC1)S(C)(=O)=O. The molecule has 5 heteroatoms. The molecule has 0 aromatic carbocycles. The fourth-order valence-corrected chi connectivity index (χ4v) is 1.98. The van der Waals surface area contributed by atoms with Crippen molar-refractivity contribution in [2.75, 3.05) is 12.9 Å². The van der Waals surface area contributed by atoms with Gasteiger partial charge in [0, 0.05) is 6.26 Å². The molecule has 14 heavy (non-hydrogen) atoms. The summed E-state index contributed by atoms with van der Waals surface area (Å²) in [4.78, 5) is 0. The average Bonchev–Trinajstić information content (AvgIpc) is 2.15. The van der Waals surface area contributed by atoms with Gasteiger partial charge in [-0.25, -0.2) is 8.42 Å². The molecule has 82 valence electrons. The zero-order chi connectivity index (χ0) is 10.8. The van der Waals surface area contributed by atoms with E-state index in [4.69, 9.17) is 4.74 Å². The summed E-state index contributed by atoms with van der Waals surface area (Å²) < 4.78 is 27.4. The normalized spacial score (nSPS) is 22.1. The van der Waals surface area contributed by atoms with Gasteiger partial charge in [-0.05, 0) is 25.3 Å². The standard InChI is InChI=1S/C9H16O4S/c1-7(14(2,11)12)9(10)8-4-3-5-13-6-8/h6-7,9-10H,3-5H2,1-2H3. The molecule has 1 N–H and O–H groups in total. The minimum Gasteiger partial charge on any atom is -0.501 e. The summed E-state index contributed by atoms with van der Waals surface area (Å²) >= 11 is 0. The third-order valence-electron chi connectivity index (χ3n) is 2.46. The van der Waals surface area contributed by atoms with E-state index in [1.165, 1.54) is 13.2 Å². The van der Waals surface area contributed by atoms with E-state index in [1.807, 2.05) is 0 Å². The molecule has 0 spiro atoms. The first-order chi connectivity index (χ1) is 6.43. The maximum atomic E-state index is 11.2. The first-order valence-electron chi connectivity index (χ1n) is 4.60. The Morgan fingerprint density at radius 1 is 1.57 bits per heavy atom. The van der Waals surface area contributed by atoms with E-state index in [2.05, 4.69) is 0 Å². The van der Waals surface area contributed by atoms with Gasteiger partial charge in [0.25, 0.3) is 0 Å². The molecule has 4 nitrogen and oxygen atoms in total. The number of hydrogen-bond acceptors (Lipinski definition) is 4. The Balaban J connectivity index is 2.74. The highest BCUT2D eigenvalue weighted by atomic mass is 32.2. The van der Waals surface area contributed by atoms with Gasteiger partial charge in [0.05, 0.1) is 24.2 Å². The van der Waals surface area contributed by atoms with Gasteiger partial charge >= 0.3 is 0 Å². The first-order valence-corrected chi connectivity index (χ1v) is 6.56. The largest absolute Gasteiger partial charge is 0.501 e. The van der Waals surface area contributed by atoms with Gasteiger partial charge in [-0.15, -0.1) is 0 Å². The Morgan fingerprint density at radius 2 is 2.21 bits per heavy atom. The summed E-state index contributed by atoms with van der Waals surface area (Å²) in [5.74, 6) is 0. The molecule has 1 rings (SSSR count). The maximum Gasteiger partial charge on any atom is 0.152 e. The van der Waals surface area contributed by atoms with Gasteiger partial charge in [-0.3, -0.25) is 0 Å². The van der Waals surface area contributed by atoms with Crippen LogP contribution in [0.15, 0.2) is 11.8 Å². The summed E-state index contributed by atoms with van der Waals surface area (Å²) in [6.45, 7) is 2.15. The third-order valence-corrected chi connectivity index (χ3v) is 4.07. The number of aliphatic hydroxyl groups is 1. The molecular formula is C9H16O4S. The van der Waals surface area contributed by atoms with E-state index in [9.17, 15) is 13.5 Å². The molecule has 0 aromatic heterocycles. The molecule has 0 saturated heterocycles. The van der Waals surface area contributed by atoms with Crippen molar-refractivity contribution in [1.29, 1.82) is 0 Å². The van der Waals surface area contributed by atoms with Crippen LogP contribution < -0.4 is 0 Å². The summed E-state index contributed by atoms with van der Waals surface area (Å²) in [6.07, 6.45) is 3.21. The highest BCUT2D eigenvalue weighted by Gasteiger charge is 2.27. The van der Waals surface area contributed by atoms with Crippen LogP contribution in [0.3, 0.4) is 0 Å². The van der Waals surface area contributed by atoms with Gasteiger partial charge in [-0.2, -0.15) is 0 Å². The Hall–Kier alpha value is -0.550. The molecule has 1 heterocycles. The summed E-state index contributed by atoms with van der Waals surface area (Å²) in [7, 11) is -3.20. The monoisotopic (exact) mass is 220 g/mol. The highest BCUT2D eigenvalue weighted by molar-refractivity contribution is 7.91. The molecule has 0 saturated carbocycles. The van der Waals surface area contributed by atoms with E-state index >= 15 is 0 Å². The number of sulfone groups is 1. The number of aliphatic hydroxyl groups excluding tert-OH is 1. The Morgan fingerprint density at radius 3 is 2.64 bits per heavy atom. The lowest BCUT2D eigenvalue weighted by atomic mass is 10.0. The second-order valence-corrected chi connectivity index (χ2v) is 6.05. The van der Waals surface area contributed by atoms with Gasteiger partial charge in [0.15, 0.2) is 9.84 Å². The van der Waals surface area contributed by atoms with Gasteiger partial charge in [0.2, 0.25) is 0 Å². The smallest absolute Gasteiger partial charge is 0.152 e. The third kappa shape index (κ3) is 2.72. The summed E-state index contributed by atoms with van der Waals surface area (Å²) in [6, 6.07) is 0. The Kier molecular flexibility index (Phi) is 3.55. The number of rotatable bonds is 3. The lowest BCUT2D eigenvalue weighted by molar-refractivity contribution is 0.167. The molecule has 2 atom stereocenters. The highest BCUT2D eigenvalue weighted by Crippen LogP contribution is 2.20. The Bertz CT molecular complexity index is 318. The molecule has 1 aliphatic heterocycles. The lowest BCUT2D eigenvalue weighted by Gasteiger charge is -2.22. The van der Waals surface area contributed by atoms with Crippen LogP contribution in [-0.4, -0.2) is 37.7 Å². The van der Waals surface area contributed by atoms with Crippen LogP contribution in [0.1, 0.15) is 19.8 Å². The van der Waals surface area contributed by atoms with Crippen LogP contribution in [0.2, 0.25) is 0 Å². The lowest BCUT2D eigenvalue weighted by Crippen LogP contribution is -2.33. The van der Waals surface area contributed by atoms with Crippen LogP contribution in [0.4, 0.5) is 0 Å². The predicted octanol–water partition coefficient (Wildman–Crippen LogP) is 0.475. The van der Waals surface area contributed by atoms with E-state index in [1.54, 1.807) is 0 Å². The molecule has 0 amide bonds. The van der Waals surface area contributed by atoms with Crippen LogP contribution in [0, 0.1) is 0 Å². The van der Waals surface area contributed by atoms with Crippen LogP contribution in [-0.2, 0) is 14.6 Å². The fourth-order valence-electron chi connectivity index (χ4n) is 1.34. The molecule has 1 aliphatic rings. The van der Waals surface area contributed by atoms with Crippen molar-refractivity contribution in [3.05, 3.63) is 11.8 Å². The number of ether oxygens (including phenoxy) is 1. The van der Waals surface area contributed by atoms with Crippen molar-refractivity contribution in [2.24, 2.45) is 0 Å². The second kappa shape index (κ2) is 4.31. The van der Waals surface area contributed by atoms with Crippen molar-refractivity contribution in [2.45, 2.75) is 31.1 Å². The molecule has 2 unspecified atom stereocenters. The average molecular weight is 220 g/mol. The number of hydrogen-bond donors (Lipinski definition) is 1. The topological polar surface area (TPSA) is 63.6 Å². The van der Waals surface area contributed by atoms with E-state index in [0.29, 0.717) is 18.6 Å². The molecule has 0 aromatic rings. The van der Waals surface area contributed by atoms with Crippen molar-refractivity contribution >= 4 is 9.84 Å². The first kappa shape index (κ1) is 11.5. The van der Waals surface area contributed by atoms with E-state index < -0.39 is 21.2 Å². The molecule has 0 fully saturated rings. The van der Waals surface area contributed by atoms with Crippen molar-refractivity contribution in [3.63, 3.8) is 0 Å². The molecule has 0 radical (unpaired) electrons. The predicted molar refractivity (Wildman–Crippen MR) is 53.6 cm³/mol. The van der Waals surface area contributed by atoms with E-state index in [-0.39, 0.29) is 0 Å².